The predicted molar refractivity (Wildman–Crippen MR) is 71.7 cm³/mol. The molecule has 15 heavy (non-hydrogen) atoms. The Morgan fingerprint density at radius 3 is 2.40 bits per heavy atom. The molecule has 1 nitrogen and oxygen atoms in total. The van der Waals surface area contributed by atoms with Crippen LogP contribution < -0.4 is 0 Å². The van der Waals surface area contributed by atoms with Crippen LogP contribution >= 0.6 is 15.9 Å². The van der Waals surface area contributed by atoms with Gasteiger partial charge in [0, 0.05) is 11.9 Å². The minimum atomic E-state index is 0.584. The Kier molecular flexibility index (Phi) is 6.21. The third kappa shape index (κ3) is 4.44. The predicted octanol–water partition coefficient (Wildman–Crippen LogP) is 4.06. The monoisotopic (exact) mass is 275 g/mol. The van der Waals surface area contributed by atoms with Crippen molar-refractivity contribution in [3.8, 4) is 0 Å². The van der Waals surface area contributed by atoms with Crippen LogP contribution in [-0.2, 0) is 0 Å². The standard InChI is InChI=1S/C13H26BrN/c1-3-4-10-15(2)12-13(11-14)8-6-5-7-9-13/h3-12H2,1-2H3. The van der Waals surface area contributed by atoms with E-state index in [-0.39, 0.29) is 0 Å². The number of nitrogens with zero attached hydrogens (tertiary/aromatic N) is 1. The van der Waals surface area contributed by atoms with Crippen molar-refractivity contribution in [2.75, 3.05) is 25.5 Å². The number of alkyl halides is 1. The molecule has 90 valence electrons. The van der Waals surface area contributed by atoms with Gasteiger partial charge in [0.25, 0.3) is 0 Å². The molecular weight excluding hydrogens is 250 g/mol. The quantitative estimate of drug-likeness (QED) is 0.661. The van der Waals surface area contributed by atoms with Crippen LogP contribution in [0.2, 0.25) is 0 Å². The van der Waals surface area contributed by atoms with E-state index in [0.29, 0.717) is 5.41 Å². The van der Waals surface area contributed by atoms with E-state index in [1.54, 1.807) is 0 Å². The molecule has 1 aliphatic carbocycles. The first-order chi connectivity index (χ1) is 7.22. The van der Waals surface area contributed by atoms with Crippen LogP contribution in [0.15, 0.2) is 0 Å². The van der Waals surface area contributed by atoms with Gasteiger partial charge in [0.05, 0.1) is 0 Å². The van der Waals surface area contributed by atoms with Crippen molar-refractivity contribution in [3.63, 3.8) is 0 Å². The van der Waals surface area contributed by atoms with Crippen LogP contribution in [0.3, 0.4) is 0 Å². The Bertz CT molecular complexity index is 164. The lowest BCUT2D eigenvalue weighted by molar-refractivity contribution is 0.144. The van der Waals surface area contributed by atoms with Crippen molar-refractivity contribution in [2.24, 2.45) is 5.41 Å². The van der Waals surface area contributed by atoms with Crippen LogP contribution in [0.4, 0.5) is 0 Å². The van der Waals surface area contributed by atoms with Crippen molar-refractivity contribution < 1.29 is 0 Å². The summed E-state index contributed by atoms with van der Waals surface area (Å²) in [5.74, 6) is 0. The van der Waals surface area contributed by atoms with Crippen LogP contribution in [0.1, 0.15) is 51.9 Å². The summed E-state index contributed by atoms with van der Waals surface area (Å²) >= 11 is 3.74. The molecule has 1 saturated carbocycles. The Hall–Kier alpha value is 0.440. The second-order valence-corrected chi connectivity index (χ2v) is 5.85. The average Bonchev–Trinajstić information content (AvgIpc) is 2.27. The van der Waals surface area contributed by atoms with Crippen molar-refractivity contribution in [2.45, 2.75) is 51.9 Å². The number of halogens is 1. The fraction of sp³-hybridized carbons (Fsp3) is 1.00. The highest BCUT2D eigenvalue weighted by Crippen LogP contribution is 2.38. The first-order valence-electron chi connectivity index (χ1n) is 6.47. The smallest absolute Gasteiger partial charge is 0.0100 e. The van der Waals surface area contributed by atoms with Gasteiger partial charge in [-0.25, -0.2) is 0 Å². The molecule has 0 aromatic heterocycles. The maximum Gasteiger partial charge on any atom is 0.0100 e. The lowest BCUT2D eigenvalue weighted by Crippen LogP contribution is -2.39. The molecule has 0 bridgehead atoms. The minimum absolute atomic E-state index is 0.584. The Morgan fingerprint density at radius 2 is 1.87 bits per heavy atom. The largest absolute Gasteiger partial charge is 0.306 e. The Labute approximate surface area is 104 Å². The van der Waals surface area contributed by atoms with Gasteiger partial charge in [0.15, 0.2) is 0 Å². The molecule has 0 spiro atoms. The SMILES string of the molecule is CCCCN(C)CC1(CBr)CCCCC1. The van der Waals surface area contributed by atoms with E-state index in [4.69, 9.17) is 0 Å². The molecule has 1 rings (SSSR count). The summed E-state index contributed by atoms with van der Waals surface area (Å²) in [5, 5.41) is 1.19. The second-order valence-electron chi connectivity index (χ2n) is 5.29. The van der Waals surface area contributed by atoms with Gasteiger partial charge >= 0.3 is 0 Å². The highest BCUT2D eigenvalue weighted by molar-refractivity contribution is 9.09. The van der Waals surface area contributed by atoms with Crippen molar-refractivity contribution in [3.05, 3.63) is 0 Å². The topological polar surface area (TPSA) is 3.24 Å². The molecule has 0 atom stereocenters. The third-order valence-corrected chi connectivity index (χ3v) is 4.89. The molecule has 0 radical (unpaired) electrons. The lowest BCUT2D eigenvalue weighted by atomic mass is 9.75. The Balaban J connectivity index is 2.37. The fourth-order valence-corrected chi connectivity index (χ4v) is 3.45. The van der Waals surface area contributed by atoms with E-state index in [2.05, 4.69) is 34.8 Å². The van der Waals surface area contributed by atoms with Gasteiger partial charge in [-0.1, -0.05) is 48.5 Å². The van der Waals surface area contributed by atoms with Crippen LogP contribution in [0, 0.1) is 5.41 Å². The van der Waals surface area contributed by atoms with Crippen molar-refractivity contribution >= 4 is 15.9 Å². The zero-order chi connectivity index (χ0) is 11.1. The fourth-order valence-electron chi connectivity index (χ4n) is 2.72. The van der Waals surface area contributed by atoms with Gasteiger partial charge in [-0.15, -0.1) is 0 Å². The summed E-state index contributed by atoms with van der Waals surface area (Å²) in [7, 11) is 2.29. The maximum atomic E-state index is 3.74. The zero-order valence-electron chi connectivity index (χ0n) is 10.4. The number of rotatable bonds is 6. The highest BCUT2D eigenvalue weighted by atomic mass is 79.9. The number of unbranched alkanes of at least 4 members (excludes halogenated alkanes) is 1. The highest BCUT2D eigenvalue weighted by Gasteiger charge is 2.31. The molecular formula is C13H26BrN. The van der Waals surface area contributed by atoms with E-state index >= 15 is 0 Å². The molecule has 0 aromatic rings. The molecule has 1 fully saturated rings. The van der Waals surface area contributed by atoms with Gasteiger partial charge in [0.1, 0.15) is 0 Å². The summed E-state index contributed by atoms with van der Waals surface area (Å²) in [6.07, 6.45) is 9.83. The first-order valence-corrected chi connectivity index (χ1v) is 7.59. The van der Waals surface area contributed by atoms with E-state index in [0.717, 1.165) is 0 Å². The zero-order valence-corrected chi connectivity index (χ0v) is 12.0. The molecule has 0 amide bonds. The van der Waals surface area contributed by atoms with Crippen molar-refractivity contribution in [1.82, 2.24) is 4.90 Å². The van der Waals surface area contributed by atoms with E-state index in [1.165, 1.54) is 63.4 Å². The molecule has 0 aliphatic heterocycles. The molecule has 0 unspecified atom stereocenters. The number of hydrogen-bond donors (Lipinski definition) is 0. The summed E-state index contributed by atoms with van der Waals surface area (Å²) < 4.78 is 0. The van der Waals surface area contributed by atoms with Gasteiger partial charge in [-0.05, 0) is 38.3 Å². The molecule has 0 aromatic carbocycles. The third-order valence-electron chi connectivity index (χ3n) is 3.70. The van der Waals surface area contributed by atoms with Gasteiger partial charge in [0.2, 0.25) is 0 Å². The van der Waals surface area contributed by atoms with Gasteiger partial charge < -0.3 is 4.90 Å². The van der Waals surface area contributed by atoms with Gasteiger partial charge in [-0.2, -0.15) is 0 Å². The van der Waals surface area contributed by atoms with Gasteiger partial charge in [-0.3, -0.25) is 0 Å². The molecule has 2 heteroatoms. The second kappa shape index (κ2) is 6.90. The van der Waals surface area contributed by atoms with Crippen LogP contribution in [0.5, 0.6) is 0 Å². The lowest BCUT2D eigenvalue weighted by Gasteiger charge is -2.39. The Morgan fingerprint density at radius 1 is 1.20 bits per heavy atom. The number of hydrogen-bond acceptors (Lipinski definition) is 1. The summed E-state index contributed by atoms with van der Waals surface area (Å²) in [4.78, 5) is 2.54. The summed E-state index contributed by atoms with van der Waals surface area (Å²) in [6, 6.07) is 0. The maximum absolute atomic E-state index is 3.74. The minimum Gasteiger partial charge on any atom is -0.306 e. The van der Waals surface area contributed by atoms with Crippen molar-refractivity contribution in [1.29, 1.82) is 0 Å². The molecule has 0 heterocycles. The average molecular weight is 276 g/mol. The molecule has 0 N–H and O–H groups in total. The van der Waals surface area contributed by atoms with Crippen LogP contribution in [-0.4, -0.2) is 30.4 Å². The van der Waals surface area contributed by atoms with E-state index < -0.39 is 0 Å². The first kappa shape index (κ1) is 13.5. The van der Waals surface area contributed by atoms with E-state index in [1.807, 2.05) is 0 Å². The van der Waals surface area contributed by atoms with E-state index in [9.17, 15) is 0 Å². The molecule has 0 saturated heterocycles. The normalized spacial score (nSPS) is 20.8. The summed E-state index contributed by atoms with van der Waals surface area (Å²) in [5.41, 5.74) is 0.584. The molecule has 1 aliphatic rings. The van der Waals surface area contributed by atoms with Crippen LogP contribution in [0.25, 0.3) is 0 Å². The summed E-state index contributed by atoms with van der Waals surface area (Å²) in [6.45, 7) is 4.83.